The summed E-state index contributed by atoms with van der Waals surface area (Å²) in [6, 6.07) is 5.50. The average molecular weight is 260 g/mol. The molecular formula is C8H6BrNO4. The fourth-order valence-electron chi connectivity index (χ4n) is 0.939. The van der Waals surface area contributed by atoms with E-state index in [9.17, 15) is 14.9 Å². The zero-order chi connectivity index (χ0) is 10.7. The molecule has 0 fully saturated rings. The van der Waals surface area contributed by atoms with Gasteiger partial charge in [-0.05, 0) is 5.56 Å². The maximum atomic E-state index is 10.6. The number of hydrogen-bond acceptors (Lipinski definition) is 3. The van der Waals surface area contributed by atoms with Crippen molar-refractivity contribution in [2.24, 2.45) is 0 Å². The van der Waals surface area contributed by atoms with Crippen LogP contribution in [0.5, 0.6) is 0 Å². The highest BCUT2D eigenvalue weighted by Crippen LogP contribution is 2.25. The Hall–Kier alpha value is -1.43. The van der Waals surface area contributed by atoms with Crippen molar-refractivity contribution in [3.63, 3.8) is 0 Å². The van der Waals surface area contributed by atoms with Gasteiger partial charge in [-0.25, -0.2) is 0 Å². The molecule has 0 aromatic heterocycles. The fraction of sp³-hybridized carbons (Fsp3) is 0.125. The second-order valence-electron chi connectivity index (χ2n) is 2.55. The van der Waals surface area contributed by atoms with Crippen LogP contribution in [-0.2, 0) is 4.79 Å². The van der Waals surface area contributed by atoms with E-state index in [0.717, 1.165) is 0 Å². The minimum atomic E-state index is -1.08. The van der Waals surface area contributed by atoms with E-state index in [1.807, 2.05) is 0 Å². The normalized spacial score (nSPS) is 12.1. The molecule has 0 aliphatic carbocycles. The number of alkyl halides is 1. The van der Waals surface area contributed by atoms with Gasteiger partial charge in [0.15, 0.2) is 0 Å². The van der Waals surface area contributed by atoms with Crippen molar-refractivity contribution in [2.45, 2.75) is 4.83 Å². The zero-order valence-electron chi connectivity index (χ0n) is 6.88. The van der Waals surface area contributed by atoms with Crippen molar-refractivity contribution >= 4 is 27.6 Å². The molecule has 1 aromatic carbocycles. The first-order chi connectivity index (χ1) is 6.52. The van der Waals surface area contributed by atoms with Gasteiger partial charge in [-0.2, -0.15) is 0 Å². The summed E-state index contributed by atoms with van der Waals surface area (Å²) < 4.78 is 0. The lowest BCUT2D eigenvalue weighted by Gasteiger charge is -2.03. The molecule has 1 aromatic rings. The highest BCUT2D eigenvalue weighted by atomic mass is 79.9. The van der Waals surface area contributed by atoms with Gasteiger partial charge in [-0.3, -0.25) is 14.9 Å². The van der Waals surface area contributed by atoms with Crippen LogP contribution in [0.1, 0.15) is 10.4 Å². The number of benzene rings is 1. The van der Waals surface area contributed by atoms with Crippen LogP contribution in [0.25, 0.3) is 0 Å². The molecule has 74 valence electrons. The van der Waals surface area contributed by atoms with Gasteiger partial charge in [0.25, 0.3) is 5.69 Å². The monoisotopic (exact) mass is 259 g/mol. The number of nitro groups is 1. The smallest absolute Gasteiger partial charge is 0.321 e. The second-order valence-corrected chi connectivity index (χ2v) is 3.47. The topological polar surface area (TPSA) is 80.4 Å². The van der Waals surface area contributed by atoms with Crippen molar-refractivity contribution in [1.29, 1.82) is 0 Å². The summed E-state index contributed by atoms with van der Waals surface area (Å²) in [7, 11) is 0. The molecule has 6 heteroatoms. The van der Waals surface area contributed by atoms with Crippen molar-refractivity contribution in [2.75, 3.05) is 0 Å². The fourth-order valence-corrected chi connectivity index (χ4v) is 1.22. The molecule has 0 amide bonds. The molecule has 1 N–H and O–H groups in total. The van der Waals surface area contributed by atoms with Gasteiger partial charge >= 0.3 is 5.97 Å². The summed E-state index contributed by atoms with van der Waals surface area (Å²) in [6.45, 7) is 0. The summed E-state index contributed by atoms with van der Waals surface area (Å²) in [5.41, 5.74) is 0.236. The number of non-ortho nitro benzene ring substituents is 1. The molecule has 0 aliphatic heterocycles. The number of hydrogen-bond donors (Lipinski definition) is 1. The number of carboxylic acid groups (broad SMARTS) is 1. The Balaban J connectivity index is 3.05. The number of carboxylic acids is 1. The number of halogens is 1. The molecule has 1 atom stereocenters. The predicted molar refractivity (Wildman–Crippen MR) is 52.4 cm³/mol. The standard InChI is InChI=1S/C8H6BrNO4/c9-7(8(11)12)5-2-1-3-6(4-5)10(13)14/h1-4,7H,(H,11,12). The number of rotatable bonds is 3. The molecule has 5 nitrogen and oxygen atoms in total. The number of carbonyl (C=O) groups is 1. The summed E-state index contributed by atoms with van der Waals surface area (Å²) >= 11 is 2.91. The third-order valence-electron chi connectivity index (χ3n) is 1.59. The van der Waals surface area contributed by atoms with Gasteiger partial charge in [0.1, 0.15) is 4.83 Å². The number of aliphatic carboxylic acids is 1. The van der Waals surface area contributed by atoms with E-state index in [-0.39, 0.29) is 5.69 Å². The van der Waals surface area contributed by atoms with Crippen LogP contribution >= 0.6 is 15.9 Å². The van der Waals surface area contributed by atoms with Gasteiger partial charge in [0, 0.05) is 12.1 Å². The largest absolute Gasteiger partial charge is 0.480 e. The molecule has 0 saturated heterocycles. The van der Waals surface area contributed by atoms with Crippen molar-refractivity contribution in [3.8, 4) is 0 Å². The Morgan fingerprint density at radius 3 is 2.71 bits per heavy atom. The Bertz CT molecular complexity index is 379. The van der Waals surface area contributed by atoms with Crippen LogP contribution in [0.2, 0.25) is 0 Å². The summed E-state index contributed by atoms with van der Waals surface area (Å²) in [5.74, 6) is -1.08. The predicted octanol–water partition coefficient (Wildman–Crippen LogP) is 2.12. The van der Waals surface area contributed by atoms with E-state index in [1.54, 1.807) is 0 Å². The van der Waals surface area contributed by atoms with E-state index >= 15 is 0 Å². The first-order valence-electron chi connectivity index (χ1n) is 3.63. The molecule has 0 radical (unpaired) electrons. The van der Waals surface area contributed by atoms with Crippen molar-refractivity contribution in [1.82, 2.24) is 0 Å². The third kappa shape index (κ3) is 2.29. The van der Waals surface area contributed by atoms with Gasteiger partial charge in [-0.1, -0.05) is 28.1 Å². The highest BCUT2D eigenvalue weighted by molar-refractivity contribution is 9.09. The van der Waals surface area contributed by atoms with Gasteiger partial charge in [0.2, 0.25) is 0 Å². The zero-order valence-corrected chi connectivity index (χ0v) is 8.47. The van der Waals surface area contributed by atoms with E-state index in [4.69, 9.17) is 5.11 Å². The maximum Gasteiger partial charge on any atom is 0.321 e. The average Bonchev–Trinajstić information content (AvgIpc) is 2.16. The van der Waals surface area contributed by atoms with Crippen molar-refractivity contribution in [3.05, 3.63) is 39.9 Å². The minimum Gasteiger partial charge on any atom is -0.480 e. The van der Waals surface area contributed by atoms with Crippen molar-refractivity contribution < 1.29 is 14.8 Å². The van der Waals surface area contributed by atoms with Crippen LogP contribution in [0, 0.1) is 10.1 Å². The molecule has 1 unspecified atom stereocenters. The number of nitro benzene ring substituents is 1. The molecule has 14 heavy (non-hydrogen) atoms. The Kier molecular flexibility index (Phi) is 3.19. The maximum absolute atomic E-state index is 10.6. The minimum absolute atomic E-state index is 0.117. The van der Waals surface area contributed by atoms with Crippen LogP contribution in [-0.4, -0.2) is 16.0 Å². The van der Waals surface area contributed by atoms with E-state index < -0.39 is 15.7 Å². The third-order valence-corrected chi connectivity index (χ3v) is 2.51. The second kappa shape index (κ2) is 4.19. The van der Waals surface area contributed by atoms with E-state index in [2.05, 4.69) is 15.9 Å². The van der Waals surface area contributed by atoms with Crippen LogP contribution < -0.4 is 0 Å². The van der Waals surface area contributed by atoms with E-state index in [0.29, 0.717) is 5.56 Å². The van der Waals surface area contributed by atoms with Gasteiger partial charge in [-0.15, -0.1) is 0 Å². The molecule has 0 heterocycles. The molecule has 0 saturated carbocycles. The Morgan fingerprint density at radius 2 is 2.21 bits per heavy atom. The highest BCUT2D eigenvalue weighted by Gasteiger charge is 2.17. The SMILES string of the molecule is O=C(O)C(Br)c1cccc([N+](=O)[O-])c1. The Morgan fingerprint density at radius 1 is 1.57 bits per heavy atom. The van der Waals surface area contributed by atoms with Crippen LogP contribution in [0.3, 0.4) is 0 Å². The molecule has 0 aliphatic rings. The molecule has 0 bridgehead atoms. The number of nitrogens with zero attached hydrogens (tertiary/aromatic N) is 1. The van der Waals surface area contributed by atoms with E-state index in [1.165, 1.54) is 24.3 Å². The lowest BCUT2D eigenvalue weighted by atomic mass is 10.1. The molecule has 1 rings (SSSR count). The quantitative estimate of drug-likeness (QED) is 0.512. The van der Waals surface area contributed by atoms with Crippen LogP contribution in [0.15, 0.2) is 24.3 Å². The Labute approximate surface area is 87.6 Å². The lowest BCUT2D eigenvalue weighted by molar-refractivity contribution is -0.384. The summed E-state index contributed by atoms with van der Waals surface area (Å²) in [5, 5.41) is 19.0. The lowest BCUT2D eigenvalue weighted by Crippen LogP contribution is -2.04. The molecular weight excluding hydrogens is 254 g/mol. The summed E-state index contributed by atoms with van der Waals surface area (Å²) in [6.07, 6.45) is 0. The van der Waals surface area contributed by atoms with Gasteiger partial charge in [0.05, 0.1) is 4.92 Å². The first kappa shape index (κ1) is 10.6. The first-order valence-corrected chi connectivity index (χ1v) is 4.55. The van der Waals surface area contributed by atoms with Crippen LogP contribution in [0.4, 0.5) is 5.69 Å². The van der Waals surface area contributed by atoms with Gasteiger partial charge < -0.3 is 5.11 Å². The molecule has 0 spiro atoms. The summed E-state index contributed by atoms with van der Waals surface area (Å²) in [4.78, 5) is 19.5.